The third kappa shape index (κ3) is 5.10. The summed E-state index contributed by atoms with van der Waals surface area (Å²) < 4.78 is 82.8. The molecule has 4 unspecified atom stereocenters. The van der Waals surface area contributed by atoms with Gasteiger partial charge in [-0.1, -0.05) is 53.4 Å². The molecule has 0 aromatic carbocycles. The largest absolute Gasteiger partial charge is 0.324 e. The third-order valence-electron chi connectivity index (χ3n) is 7.05. The minimum absolute atomic E-state index is 0.337. The van der Waals surface area contributed by atoms with E-state index in [-0.39, 0.29) is 0 Å². The van der Waals surface area contributed by atoms with Gasteiger partial charge in [0.05, 0.1) is 0 Å². The van der Waals surface area contributed by atoms with Gasteiger partial charge in [0.25, 0.3) is 20.4 Å². The molecule has 4 heterocycles. The summed E-state index contributed by atoms with van der Waals surface area (Å²) in [5.74, 6) is 0. The van der Waals surface area contributed by atoms with Crippen LogP contribution in [0.15, 0.2) is 0 Å². The molecule has 0 aliphatic carbocycles. The van der Waals surface area contributed by atoms with Gasteiger partial charge in [-0.3, -0.25) is 0 Å². The maximum atomic E-state index is 13.2. The summed E-state index contributed by atoms with van der Waals surface area (Å²) in [6.07, 6.45) is 1.05. The standard InChI is InChI=1S/C22H42N4O8S2/c1-5-9-13-23-17-18(24(14-10-6-2)35(23,27)28)32-21(31-17)22-33-19-20(34-22)26(16-12-8-4)36(29,30)25(19)15-11-7-3/h17-22H,5-16H2,1-4H3. The monoisotopic (exact) mass is 554 g/mol. The van der Waals surface area contributed by atoms with Crippen LogP contribution in [-0.4, -0.2) is 97.7 Å². The van der Waals surface area contributed by atoms with E-state index in [1.165, 1.54) is 17.2 Å². The molecule has 0 bridgehead atoms. The zero-order valence-corrected chi connectivity index (χ0v) is 23.5. The maximum Gasteiger partial charge on any atom is 0.286 e. The number of hydrogen-bond donors (Lipinski definition) is 0. The predicted octanol–water partition coefficient (Wildman–Crippen LogP) is 1.96. The molecule has 4 fully saturated rings. The minimum Gasteiger partial charge on any atom is -0.324 e. The lowest BCUT2D eigenvalue weighted by Crippen LogP contribution is -2.44. The van der Waals surface area contributed by atoms with E-state index >= 15 is 0 Å². The lowest BCUT2D eigenvalue weighted by Gasteiger charge is -2.27. The first-order chi connectivity index (χ1) is 17.2. The van der Waals surface area contributed by atoms with Crippen molar-refractivity contribution in [2.24, 2.45) is 0 Å². The highest BCUT2D eigenvalue weighted by Gasteiger charge is 2.63. The molecule has 4 atom stereocenters. The Kier molecular flexibility index (Phi) is 9.34. The van der Waals surface area contributed by atoms with E-state index in [1.807, 2.05) is 27.7 Å². The molecule has 4 saturated heterocycles. The predicted molar refractivity (Wildman–Crippen MR) is 131 cm³/mol. The van der Waals surface area contributed by atoms with Gasteiger partial charge >= 0.3 is 0 Å². The second kappa shape index (κ2) is 11.8. The lowest BCUT2D eigenvalue weighted by atomic mass is 10.3. The van der Waals surface area contributed by atoms with Crippen molar-refractivity contribution in [1.29, 1.82) is 0 Å². The molecule has 210 valence electrons. The molecule has 12 nitrogen and oxygen atoms in total. The average Bonchev–Trinajstić information content (AvgIpc) is 3.52. The molecule has 4 aliphatic heterocycles. The Morgan fingerprint density at radius 3 is 0.889 bits per heavy atom. The molecule has 0 radical (unpaired) electrons. The highest BCUT2D eigenvalue weighted by Crippen LogP contribution is 2.43. The van der Waals surface area contributed by atoms with Crippen molar-refractivity contribution in [3.63, 3.8) is 0 Å². The average molecular weight is 555 g/mol. The van der Waals surface area contributed by atoms with Crippen molar-refractivity contribution in [2.45, 2.75) is 117 Å². The Morgan fingerprint density at radius 2 is 0.694 bits per heavy atom. The Morgan fingerprint density at radius 1 is 0.472 bits per heavy atom. The Balaban J connectivity index is 1.52. The van der Waals surface area contributed by atoms with Gasteiger partial charge in [0.15, 0.2) is 24.9 Å². The Labute approximate surface area is 216 Å². The molecule has 36 heavy (non-hydrogen) atoms. The van der Waals surface area contributed by atoms with Crippen molar-refractivity contribution < 1.29 is 35.8 Å². The number of nitrogens with zero attached hydrogens (tertiary/aromatic N) is 4. The summed E-state index contributed by atoms with van der Waals surface area (Å²) in [5.41, 5.74) is 0. The molecule has 4 rings (SSSR count). The lowest BCUT2D eigenvalue weighted by molar-refractivity contribution is -0.237. The van der Waals surface area contributed by atoms with E-state index in [4.69, 9.17) is 18.9 Å². The Hall–Kier alpha value is -0.420. The third-order valence-corrected chi connectivity index (χ3v) is 11.0. The number of hydrogen-bond acceptors (Lipinski definition) is 8. The van der Waals surface area contributed by atoms with Gasteiger partial charge in [-0.05, 0) is 25.7 Å². The zero-order valence-electron chi connectivity index (χ0n) is 21.8. The highest BCUT2D eigenvalue weighted by atomic mass is 32.2. The first-order valence-electron chi connectivity index (χ1n) is 13.4. The molecular formula is C22H42N4O8S2. The van der Waals surface area contributed by atoms with E-state index in [2.05, 4.69) is 0 Å². The normalized spacial score (nSPS) is 36.6. The quantitative estimate of drug-likeness (QED) is 0.339. The van der Waals surface area contributed by atoms with Crippen LogP contribution in [0.3, 0.4) is 0 Å². The highest BCUT2D eigenvalue weighted by molar-refractivity contribution is 7.87. The van der Waals surface area contributed by atoms with Crippen LogP contribution in [0, 0.1) is 0 Å². The first kappa shape index (κ1) is 28.6. The minimum atomic E-state index is -3.71. The molecule has 0 saturated carbocycles. The van der Waals surface area contributed by atoms with Gasteiger partial charge in [-0.2, -0.15) is 34.1 Å². The van der Waals surface area contributed by atoms with Gasteiger partial charge in [0, 0.05) is 26.2 Å². The fourth-order valence-corrected chi connectivity index (χ4v) is 8.64. The number of fused-ring (bicyclic) bond motifs is 2. The van der Waals surface area contributed by atoms with Crippen LogP contribution in [0.1, 0.15) is 79.1 Å². The molecule has 0 spiro atoms. The first-order valence-corrected chi connectivity index (χ1v) is 16.2. The summed E-state index contributed by atoms with van der Waals surface area (Å²) in [6, 6.07) is 0. The van der Waals surface area contributed by atoms with Crippen molar-refractivity contribution in [1.82, 2.24) is 17.2 Å². The van der Waals surface area contributed by atoms with Crippen LogP contribution in [-0.2, 0) is 39.4 Å². The maximum absolute atomic E-state index is 13.2. The summed E-state index contributed by atoms with van der Waals surface area (Å²) in [5, 5.41) is 0. The van der Waals surface area contributed by atoms with Crippen LogP contribution in [0.5, 0.6) is 0 Å². The molecule has 0 aromatic rings. The second-order valence-electron chi connectivity index (χ2n) is 9.72. The molecule has 0 N–H and O–H groups in total. The summed E-state index contributed by atoms with van der Waals surface area (Å²) in [6.45, 7) is 9.37. The number of unbranched alkanes of at least 4 members (excludes halogenated alkanes) is 4. The smallest absolute Gasteiger partial charge is 0.286 e. The SMILES string of the molecule is CCCCN1C2OC(C3OC4C(O3)N(CCCC)S(=O)(=O)N4CCCC)OC2N(CCCC)S1(=O)=O. The van der Waals surface area contributed by atoms with E-state index < -0.39 is 57.9 Å². The van der Waals surface area contributed by atoms with Crippen LogP contribution in [0.2, 0.25) is 0 Å². The van der Waals surface area contributed by atoms with Gasteiger partial charge < -0.3 is 18.9 Å². The molecule has 0 aromatic heterocycles. The van der Waals surface area contributed by atoms with Crippen molar-refractivity contribution in [3.05, 3.63) is 0 Å². The van der Waals surface area contributed by atoms with Crippen LogP contribution < -0.4 is 0 Å². The van der Waals surface area contributed by atoms with Gasteiger partial charge in [-0.15, -0.1) is 0 Å². The van der Waals surface area contributed by atoms with Gasteiger partial charge in [-0.25, -0.2) is 0 Å². The van der Waals surface area contributed by atoms with E-state index in [0.29, 0.717) is 51.9 Å². The molecular weight excluding hydrogens is 512 g/mol. The fraction of sp³-hybridized carbons (Fsp3) is 1.00. The van der Waals surface area contributed by atoms with Crippen LogP contribution >= 0.6 is 0 Å². The molecule has 4 aliphatic rings. The zero-order chi connectivity index (χ0) is 26.1. The van der Waals surface area contributed by atoms with Crippen LogP contribution in [0.25, 0.3) is 0 Å². The van der Waals surface area contributed by atoms with Crippen molar-refractivity contribution >= 4 is 20.4 Å². The second-order valence-corrected chi connectivity index (χ2v) is 13.4. The topological polar surface area (TPSA) is 118 Å². The van der Waals surface area contributed by atoms with E-state index in [9.17, 15) is 16.8 Å². The Bertz CT molecular complexity index is 816. The summed E-state index contributed by atoms with van der Waals surface area (Å²) >= 11 is 0. The van der Waals surface area contributed by atoms with Crippen molar-refractivity contribution in [2.75, 3.05) is 26.2 Å². The fourth-order valence-electron chi connectivity index (χ4n) is 5.00. The van der Waals surface area contributed by atoms with Crippen LogP contribution in [0.4, 0.5) is 0 Å². The van der Waals surface area contributed by atoms with E-state index in [0.717, 1.165) is 25.7 Å². The summed E-state index contributed by atoms with van der Waals surface area (Å²) in [7, 11) is -7.42. The van der Waals surface area contributed by atoms with Gasteiger partial charge in [0.2, 0.25) is 12.6 Å². The molecule has 0 amide bonds. The van der Waals surface area contributed by atoms with Gasteiger partial charge in [0.1, 0.15) is 0 Å². The van der Waals surface area contributed by atoms with Crippen molar-refractivity contribution in [3.8, 4) is 0 Å². The summed E-state index contributed by atoms with van der Waals surface area (Å²) in [4.78, 5) is 0. The number of ether oxygens (including phenoxy) is 4. The number of rotatable bonds is 13. The molecule has 14 heteroatoms. The van der Waals surface area contributed by atoms with E-state index in [1.54, 1.807) is 0 Å².